The van der Waals surface area contributed by atoms with E-state index in [9.17, 15) is 18.0 Å². The van der Waals surface area contributed by atoms with Crippen LogP contribution in [-0.4, -0.2) is 63.9 Å². The summed E-state index contributed by atoms with van der Waals surface area (Å²) in [7, 11) is -3.65. The Balaban J connectivity index is 1.82. The lowest BCUT2D eigenvalue weighted by atomic mass is 10.3. The molecule has 150 valence electrons. The molecular formula is C17H26ClN4O4S+. The van der Waals surface area contributed by atoms with Crippen LogP contribution in [0.15, 0.2) is 29.2 Å². The molecule has 3 N–H and O–H groups in total. The first-order valence-corrected chi connectivity index (χ1v) is 10.8. The van der Waals surface area contributed by atoms with E-state index in [1.54, 1.807) is 18.2 Å². The summed E-state index contributed by atoms with van der Waals surface area (Å²) in [6, 6.07) is 5.86. The normalized spacial score (nSPS) is 16.1. The molecule has 1 heterocycles. The van der Waals surface area contributed by atoms with Gasteiger partial charge in [-0.25, -0.2) is 13.2 Å². The van der Waals surface area contributed by atoms with Gasteiger partial charge in [-0.3, -0.25) is 10.1 Å². The SMILES string of the molecule is CCCCNC(=O)NC(=O)C[NH+]1CCN(S(=O)(=O)c2ccccc2Cl)CC1. The lowest BCUT2D eigenvalue weighted by molar-refractivity contribution is -0.895. The van der Waals surface area contributed by atoms with Crippen molar-refractivity contribution in [1.82, 2.24) is 14.9 Å². The standard InChI is InChI=1S/C17H25ClN4O4S/c1-2-3-8-19-17(24)20-16(23)13-21-9-11-22(12-10-21)27(25,26)15-7-5-4-6-14(15)18/h4-7H,2-3,8-13H2,1H3,(H2,19,20,23,24)/p+1. The number of unbranched alkanes of at least 4 members (excludes halogenated alkanes) is 1. The summed E-state index contributed by atoms with van der Waals surface area (Å²) >= 11 is 6.02. The van der Waals surface area contributed by atoms with Crippen molar-refractivity contribution >= 4 is 33.6 Å². The molecule has 0 radical (unpaired) electrons. The number of halogens is 1. The second-order valence-corrected chi connectivity index (χ2v) is 8.73. The zero-order valence-electron chi connectivity index (χ0n) is 15.3. The van der Waals surface area contributed by atoms with E-state index in [1.807, 2.05) is 6.92 Å². The van der Waals surface area contributed by atoms with Gasteiger partial charge >= 0.3 is 6.03 Å². The molecule has 1 aliphatic rings. The van der Waals surface area contributed by atoms with E-state index < -0.39 is 16.1 Å². The number of urea groups is 1. The van der Waals surface area contributed by atoms with E-state index in [2.05, 4.69) is 10.6 Å². The van der Waals surface area contributed by atoms with Crippen molar-refractivity contribution in [3.63, 3.8) is 0 Å². The van der Waals surface area contributed by atoms with Gasteiger partial charge in [0.1, 0.15) is 4.90 Å². The van der Waals surface area contributed by atoms with Crippen LogP contribution >= 0.6 is 11.6 Å². The average Bonchev–Trinajstić information content (AvgIpc) is 2.62. The number of nitrogens with one attached hydrogen (secondary N) is 3. The van der Waals surface area contributed by atoms with Crippen molar-refractivity contribution in [2.24, 2.45) is 0 Å². The number of sulfonamides is 1. The third-order valence-electron chi connectivity index (χ3n) is 4.36. The largest absolute Gasteiger partial charge is 0.338 e. The first-order chi connectivity index (χ1) is 12.8. The Bertz CT molecular complexity index is 764. The maximum Gasteiger partial charge on any atom is 0.321 e. The maximum absolute atomic E-state index is 12.7. The molecule has 27 heavy (non-hydrogen) atoms. The number of quaternary nitrogens is 1. The number of hydrogen-bond donors (Lipinski definition) is 3. The highest BCUT2D eigenvalue weighted by molar-refractivity contribution is 7.89. The summed E-state index contributed by atoms with van der Waals surface area (Å²) < 4.78 is 26.8. The number of piperazine rings is 1. The van der Waals surface area contributed by atoms with Crippen LogP contribution in [0, 0.1) is 0 Å². The van der Waals surface area contributed by atoms with Crippen LogP contribution in [0.25, 0.3) is 0 Å². The summed E-state index contributed by atoms with van der Waals surface area (Å²) in [5.74, 6) is -0.374. The molecule has 0 bridgehead atoms. The van der Waals surface area contributed by atoms with Gasteiger partial charge in [0, 0.05) is 6.54 Å². The van der Waals surface area contributed by atoms with Crippen LogP contribution in [0.4, 0.5) is 4.79 Å². The van der Waals surface area contributed by atoms with Gasteiger partial charge in [-0.1, -0.05) is 37.1 Å². The van der Waals surface area contributed by atoms with Crippen molar-refractivity contribution in [3.8, 4) is 0 Å². The van der Waals surface area contributed by atoms with E-state index in [4.69, 9.17) is 11.6 Å². The minimum atomic E-state index is -3.65. The molecular weight excluding hydrogens is 392 g/mol. The number of hydrogen-bond acceptors (Lipinski definition) is 4. The molecule has 0 atom stereocenters. The van der Waals surface area contributed by atoms with Crippen LogP contribution in [-0.2, 0) is 14.8 Å². The summed E-state index contributed by atoms with van der Waals surface area (Å²) in [5.41, 5.74) is 0. The van der Waals surface area contributed by atoms with Crippen molar-refractivity contribution in [1.29, 1.82) is 0 Å². The highest BCUT2D eigenvalue weighted by atomic mass is 35.5. The van der Waals surface area contributed by atoms with Gasteiger partial charge in [0.15, 0.2) is 6.54 Å². The number of carbonyl (C=O) groups is 2. The Morgan fingerprint density at radius 3 is 2.52 bits per heavy atom. The van der Waals surface area contributed by atoms with Crippen molar-refractivity contribution < 1.29 is 22.9 Å². The Morgan fingerprint density at radius 1 is 1.22 bits per heavy atom. The number of nitrogens with zero attached hydrogens (tertiary/aromatic N) is 1. The fourth-order valence-electron chi connectivity index (χ4n) is 2.83. The lowest BCUT2D eigenvalue weighted by Crippen LogP contribution is -3.15. The van der Waals surface area contributed by atoms with Gasteiger partial charge in [-0.2, -0.15) is 4.31 Å². The Labute approximate surface area is 164 Å². The predicted octanol–water partition coefficient (Wildman–Crippen LogP) is -0.145. The zero-order chi connectivity index (χ0) is 19.9. The summed E-state index contributed by atoms with van der Waals surface area (Å²) in [6.07, 6.45) is 1.81. The Morgan fingerprint density at radius 2 is 1.89 bits per heavy atom. The van der Waals surface area contributed by atoms with Gasteiger partial charge < -0.3 is 10.2 Å². The zero-order valence-corrected chi connectivity index (χ0v) is 16.9. The molecule has 0 spiro atoms. The van der Waals surface area contributed by atoms with Crippen LogP contribution in [0.1, 0.15) is 19.8 Å². The first-order valence-electron chi connectivity index (χ1n) is 9.00. The fraction of sp³-hybridized carbons (Fsp3) is 0.529. The quantitative estimate of drug-likeness (QED) is 0.537. The van der Waals surface area contributed by atoms with Crippen LogP contribution < -0.4 is 15.5 Å². The molecule has 2 rings (SSSR count). The molecule has 1 fully saturated rings. The minimum Gasteiger partial charge on any atom is -0.338 e. The Hall–Kier alpha value is -1.68. The molecule has 10 heteroatoms. The molecule has 1 aromatic carbocycles. The van der Waals surface area contributed by atoms with Gasteiger partial charge in [0.2, 0.25) is 10.0 Å². The maximum atomic E-state index is 12.7. The molecule has 0 aliphatic carbocycles. The molecule has 8 nitrogen and oxygen atoms in total. The molecule has 0 aromatic heterocycles. The van der Waals surface area contributed by atoms with Gasteiger partial charge in [0.25, 0.3) is 5.91 Å². The van der Waals surface area contributed by atoms with Gasteiger partial charge in [-0.05, 0) is 18.6 Å². The average molecular weight is 418 g/mol. The van der Waals surface area contributed by atoms with E-state index >= 15 is 0 Å². The number of amides is 3. The number of benzene rings is 1. The number of imide groups is 1. The minimum absolute atomic E-state index is 0.0941. The van der Waals surface area contributed by atoms with Crippen molar-refractivity contribution in [3.05, 3.63) is 29.3 Å². The number of carbonyl (C=O) groups excluding carboxylic acids is 2. The first kappa shape index (κ1) is 21.6. The van der Waals surface area contributed by atoms with Crippen molar-refractivity contribution in [2.45, 2.75) is 24.7 Å². The third kappa shape index (κ3) is 6.17. The van der Waals surface area contributed by atoms with Crippen LogP contribution in [0.3, 0.4) is 0 Å². The monoisotopic (exact) mass is 417 g/mol. The molecule has 3 amide bonds. The summed E-state index contributed by atoms with van der Waals surface area (Å²) in [6.45, 7) is 4.21. The second-order valence-electron chi connectivity index (χ2n) is 6.42. The molecule has 0 unspecified atom stereocenters. The molecule has 1 aromatic rings. The number of rotatable bonds is 7. The van der Waals surface area contributed by atoms with E-state index in [-0.39, 0.29) is 22.4 Å². The fourth-order valence-corrected chi connectivity index (χ4v) is 4.77. The summed E-state index contributed by atoms with van der Waals surface area (Å²) in [5, 5.41) is 5.12. The van der Waals surface area contributed by atoms with Gasteiger partial charge in [-0.15, -0.1) is 0 Å². The Kier molecular flexibility index (Phi) is 8.03. The predicted molar refractivity (Wildman–Crippen MR) is 102 cm³/mol. The van der Waals surface area contributed by atoms with Gasteiger partial charge in [0.05, 0.1) is 31.2 Å². The van der Waals surface area contributed by atoms with E-state index in [0.717, 1.165) is 17.7 Å². The molecule has 0 saturated carbocycles. The van der Waals surface area contributed by atoms with E-state index in [0.29, 0.717) is 32.7 Å². The smallest absolute Gasteiger partial charge is 0.321 e. The highest BCUT2D eigenvalue weighted by Crippen LogP contribution is 2.23. The third-order valence-corrected chi connectivity index (χ3v) is 6.76. The molecule has 1 saturated heterocycles. The van der Waals surface area contributed by atoms with Crippen LogP contribution in [0.2, 0.25) is 5.02 Å². The summed E-state index contributed by atoms with van der Waals surface area (Å²) in [4.78, 5) is 24.6. The lowest BCUT2D eigenvalue weighted by Gasteiger charge is -2.31. The topological polar surface area (TPSA) is 100 Å². The molecule has 1 aliphatic heterocycles. The van der Waals surface area contributed by atoms with Crippen molar-refractivity contribution in [2.75, 3.05) is 39.3 Å². The van der Waals surface area contributed by atoms with Crippen LogP contribution in [0.5, 0.6) is 0 Å². The highest BCUT2D eigenvalue weighted by Gasteiger charge is 2.32. The second kappa shape index (κ2) is 10.0. The van der Waals surface area contributed by atoms with E-state index in [1.165, 1.54) is 10.4 Å².